The second-order valence-electron chi connectivity index (χ2n) is 4.65. The van der Waals surface area contributed by atoms with E-state index in [9.17, 15) is 0 Å². The molecule has 0 bridgehead atoms. The highest BCUT2D eigenvalue weighted by Gasteiger charge is 2.47. The molecule has 2 atom stereocenters. The first-order valence-corrected chi connectivity index (χ1v) is 8.88. The van der Waals surface area contributed by atoms with Gasteiger partial charge in [-0.2, -0.15) is 0 Å². The van der Waals surface area contributed by atoms with Crippen LogP contribution in [0.4, 0.5) is 0 Å². The molecule has 72 valence electrons. The predicted octanol–water partition coefficient (Wildman–Crippen LogP) is 3.04. The monoisotopic (exact) mass is 206 g/mol. The summed E-state index contributed by atoms with van der Waals surface area (Å²) in [6, 6.07) is 0. The van der Waals surface area contributed by atoms with Gasteiger partial charge in [0.1, 0.15) is 0 Å². The number of halogens is 1. The fraction of sp³-hybridized carbons (Fsp3) is 1.00. The van der Waals surface area contributed by atoms with Crippen molar-refractivity contribution in [2.75, 3.05) is 5.88 Å². The van der Waals surface area contributed by atoms with Crippen molar-refractivity contribution in [3.8, 4) is 0 Å². The van der Waals surface area contributed by atoms with E-state index in [1.54, 1.807) is 0 Å². The summed E-state index contributed by atoms with van der Waals surface area (Å²) in [5.41, 5.74) is 0.632. The molecule has 1 nitrogen and oxygen atoms in total. The van der Waals surface area contributed by atoms with E-state index in [2.05, 4.69) is 19.6 Å². The van der Waals surface area contributed by atoms with Crippen LogP contribution >= 0.6 is 11.6 Å². The Kier molecular flexibility index (Phi) is 3.62. The fourth-order valence-corrected chi connectivity index (χ4v) is 3.62. The highest BCUT2D eigenvalue weighted by molar-refractivity contribution is 6.78. The van der Waals surface area contributed by atoms with Crippen LogP contribution in [-0.4, -0.2) is 25.8 Å². The van der Waals surface area contributed by atoms with Crippen molar-refractivity contribution in [2.24, 2.45) is 0 Å². The molecule has 2 unspecified atom stereocenters. The SMILES string of the molecule is C[Si](C)(C)C1OC1CCCCCl. The van der Waals surface area contributed by atoms with Crippen molar-refractivity contribution in [3.05, 3.63) is 0 Å². The molecule has 0 aromatic carbocycles. The van der Waals surface area contributed by atoms with Crippen LogP contribution < -0.4 is 0 Å². The summed E-state index contributed by atoms with van der Waals surface area (Å²) < 4.78 is 5.65. The Balaban J connectivity index is 2.08. The van der Waals surface area contributed by atoms with Gasteiger partial charge in [0.2, 0.25) is 0 Å². The number of ether oxygens (including phenoxy) is 1. The number of unbranched alkanes of at least 4 members (excludes halogenated alkanes) is 1. The summed E-state index contributed by atoms with van der Waals surface area (Å²) in [6.45, 7) is 7.12. The van der Waals surface area contributed by atoms with E-state index in [1.807, 2.05) is 0 Å². The van der Waals surface area contributed by atoms with Crippen LogP contribution in [0.2, 0.25) is 19.6 Å². The third kappa shape index (κ3) is 3.07. The summed E-state index contributed by atoms with van der Waals surface area (Å²) in [4.78, 5) is 0. The topological polar surface area (TPSA) is 12.5 Å². The predicted molar refractivity (Wildman–Crippen MR) is 56.6 cm³/mol. The fourth-order valence-electron chi connectivity index (χ4n) is 1.56. The molecule has 0 radical (unpaired) electrons. The van der Waals surface area contributed by atoms with E-state index in [0.717, 1.165) is 12.3 Å². The molecule has 1 heterocycles. The summed E-state index contributed by atoms with van der Waals surface area (Å²) >= 11 is 5.60. The Morgan fingerprint density at radius 2 is 1.92 bits per heavy atom. The Labute approximate surface area is 81.5 Å². The van der Waals surface area contributed by atoms with Crippen LogP contribution in [0.1, 0.15) is 19.3 Å². The first-order valence-electron chi connectivity index (χ1n) is 4.77. The normalized spacial score (nSPS) is 29.0. The minimum absolute atomic E-state index is 0.583. The summed E-state index contributed by atoms with van der Waals surface area (Å²) in [5.74, 6) is 0.796. The molecule has 0 amide bonds. The highest BCUT2D eigenvalue weighted by atomic mass is 35.5. The van der Waals surface area contributed by atoms with Crippen molar-refractivity contribution in [1.82, 2.24) is 0 Å². The van der Waals surface area contributed by atoms with Gasteiger partial charge in [-0.25, -0.2) is 0 Å². The molecule has 1 aliphatic heterocycles. The van der Waals surface area contributed by atoms with E-state index in [0.29, 0.717) is 11.8 Å². The second-order valence-corrected chi connectivity index (χ2v) is 10.3. The smallest absolute Gasteiger partial charge is 0.0819 e. The van der Waals surface area contributed by atoms with Gasteiger partial charge in [-0.3, -0.25) is 0 Å². The number of rotatable bonds is 5. The van der Waals surface area contributed by atoms with Crippen molar-refractivity contribution in [3.63, 3.8) is 0 Å². The number of alkyl halides is 1. The van der Waals surface area contributed by atoms with Crippen LogP contribution in [0, 0.1) is 0 Å². The van der Waals surface area contributed by atoms with E-state index in [-0.39, 0.29) is 0 Å². The Morgan fingerprint density at radius 3 is 2.33 bits per heavy atom. The quantitative estimate of drug-likeness (QED) is 0.292. The maximum atomic E-state index is 5.65. The zero-order chi connectivity index (χ0) is 9.19. The third-order valence-electron chi connectivity index (χ3n) is 2.31. The highest BCUT2D eigenvalue weighted by Crippen LogP contribution is 2.34. The first-order chi connectivity index (χ1) is 5.55. The minimum atomic E-state index is -1.00. The maximum Gasteiger partial charge on any atom is 0.0819 e. The molecular formula is C9H19ClOSi. The number of epoxide rings is 1. The van der Waals surface area contributed by atoms with Crippen molar-refractivity contribution in [2.45, 2.75) is 50.7 Å². The van der Waals surface area contributed by atoms with Crippen LogP contribution in [0.3, 0.4) is 0 Å². The van der Waals surface area contributed by atoms with E-state index >= 15 is 0 Å². The maximum absolute atomic E-state index is 5.65. The third-order valence-corrected chi connectivity index (χ3v) is 4.79. The average Bonchev–Trinajstić information content (AvgIpc) is 2.66. The van der Waals surface area contributed by atoms with Gasteiger partial charge in [-0.15, -0.1) is 11.6 Å². The Hall–Kier alpha value is 0.467. The van der Waals surface area contributed by atoms with Gasteiger partial charge in [0.25, 0.3) is 0 Å². The number of hydrogen-bond acceptors (Lipinski definition) is 1. The molecule has 0 saturated carbocycles. The second kappa shape index (κ2) is 4.12. The van der Waals surface area contributed by atoms with E-state index in [4.69, 9.17) is 16.3 Å². The zero-order valence-electron chi connectivity index (χ0n) is 8.27. The lowest BCUT2D eigenvalue weighted by Gasteiger charge is -2.10. The van der Waals surface area contributed by atoms with Gasteiger partial charge in [0, 0.05) is 5.88 Å². The van der Waals surface area contributed by atoms with Gasteiger partial charge >= 0.3 is 0 Å². The lowest BCUT2D eigenvalue weighted by molar-refractivity contribution is 0.380. The molecular weight excluding hydrogens is 188 g/mol. The molecule has 3 heteroatoms. The van der Waals surface area contributed by atoms with Crippen LogP contribution in [-0.2, 0) is 4.74 Å². The van der Waals surface area contributed by atoms with Crippen LogP contribution in [0.5, 0.6) is 0 Å². The van der Waals surface area contributed by atoms with E-state index < -0.39 is 8.07 Å². The summed E-state index contributed by atoms with van der Waals surface area (Å²) in [5, 5.41) is 0. The van der Waals surface area contributed by atoms with E-state index in [1.165, 1.54) is 12.8 Å². The van der Waals surface area contributed by atoms with Crippen molar-refractivity contribution < 1.29 is 4.74 Å². The summed E-state index contributed by atoms with van der Waals surface area (Å²) in [7, 11) is -1.00. The number of hydrogen-bond donors (Lipinski definition) is 0. The van der Waals surface area contributed by atoms with Crippen molar-refractivity contribution in [1.29, 1.82) is 0 Å². The lowest BCUT2D eigenvalue weighted by Crippen LogP contribution is -2.30. The molecule has 0 N–H and O–H groups in total. The Bertz CT molecular complexity index is 144. The molecule has 0 aliphatic carbocycles. The van der Waals surface area contributed by atoms with Gasteiger partial charge in [-0.05, 0) is 19.3 Å². The molecule has 1 fully saturated rings. The molecule has 1 saturated heterocycles. The zero-order valence-corrected chi connectivity index (χ0v) is 10.0. The van der Waals surface area contributed by atoms with Gasteiger partial charge in [0.05, 0.1) is 19.9 Å². The molecule has 1 aliphatic rings. The molecule has 0 aromatic heterocycles. The molecule has 0 aromatic rings. The Morgan fingerprint density at radius 1 is 1.25 bits per heavy atom. The minimum Gasteiger partial charge on any atom is -0.373 e. The largest absolute Gasteiger partial charge is 0.373 e. The first kappa shape index (κ1) is 10.5. The summed E-state index contributed by atoms with van der Waals surface area (Å²) in [6.07, 6.45) is 4.18. The average molecular weight is 207 g/mol. The van der Waals surface area contributed by atoms with Crippen LogP contribution in [0.15, 0.2) is 0 Å². The standard InChI is InChI=1S/C9H19ClOSi/c1-12(2,3)9-8(11-9)6-4-5-7-10/h8-9H,4-7H2,1-3H3. The van der Waals surface area contributed by atoms with Gasteiger partial charge in [-0.1, -0.05) is 19.6 Å². The molecule has 1 rings (SSSR count). The van der Waals surface area contributed by atoms with Gasteiger partial charge in [0.15, 0.2) is 0 Å². The van der Waals surface area contributed by atoms with Gasteiger partial charge < -0.3 is 4.74 Å². The molecule has 0 spiro atoms. The lowest BCUT2D eigenvalue weighted by atomic mass is 10.2. The molecule has 12 heavy (non-hydrogen) atoms. The van der Waals surface area contributed by atoms with Crippen molar-refractivity contribution >= 4 is 19.7 Å². The van der Waals surface area contributed by atoms with Crippen LogP contribution in [0.25, 0.3) is 0 Å².